The van der Waals surface area contributed by atoms with Crippen LogP contribution in [0.2, 0.25) is 0 Å². The van der Waals surface area contributed by atoms with Gasteiger partial charge < -0.3 is 5.48 Å². The molecule has 0 spiro atoms. The maximum Gasteiger partial charge on any atom is 0 e. The van der Waals surface area contributed by atoms with Gasteiger partial charge in [-0.05, 0) is 0 Å². The van der Waals surface area contributed by atoms with E-state index < -0.39 is 0 Å². The molecular formula is H4BaFNbO. The Morgan fingerprint density at radius 1 is 1.00 bits per heavy atom. The van der Waals surface area contributed by atoms with Crippen LogP contribution in [-0.4, -0.2) is 54.4 Å². The number of halogens is 1. The van der Waals surface area contributed by atoms with Crippen LogP contribution in [0.1, 0.15) is 0 Å². The monoisotopic (exact) mass is 270 g/mol. The Morgan fingerprint density at radius 2 is 1.00 bits per heavy atom. The number of rotatable bonds is 0. The summed E-state index contributed by atoms with van der Waals surface area (Å²) in [4.78, 5) is 0. The topological polar surface area (TPSA) is 31.5 Å². The molecule has 0 heterocycles. The molecular weight excluding hydrogens is 265 g/mol. The van der Waals surface area contributed by atoms with Crippen LogP contribution in [0, 0.1) is 0 Å². The van der Waals surface area contributed by atoms with Crippen LogP contribution in [0.25, 0.3) is 0 Å². The van der Waals surface area contributed by atoms with Gasteiger partial charge in [-0.25, -0.2) is 0 Å². The van der Waals surface area contributed by atoms with Crippen LogP contribution in [0.3, 0.4) is 0 Å². The zero-order chi connectivity index (χ0) is 0. The molecule has 0 amide bonds. The van der Waals surface area contributed by atoms with Crippen molar-refractivity contribution in [3.63, 3.8) is 0 Å². The molecule has 0 unspecified atom stereocenters. The first-order valence-corrected chi connectivity index (χ1v) is 0. The van der Waals surface area contributed by atoms with Crippen molar-refractivity contribution < 1.29 is 32.6 Å². The van der Waals surface area contributed by atoms with Gasteiger partial charge in [0.05, 0.1) is 0 Å². The Hall–Kier alpha value is 2.20. The summed E-state index contributed by atoms with van der Waals surface area (Å²) in [6, 6.07) is 0. The van der Waals surface area contributed by atoms with Gasteiger partial charge in [-0.15, -0.1) is 0 Å². The molecule has 0 aliphatic carbocycles. The molecule has 0 saturated heterocycles. The maximum atomic E-state index is 0. The van der Waals surface area contributed by atoms with E-state index >= 15 is 0 Å². The van der Waals surface area contributed by atoms with Gasteiger partial charge in [-0.3, -0.25) is 0 Å². The van der Waals surface area contributed by atoms with E-state index in [-0.39, 0.29) is 81.4 Å². The Balaban J connectivity index is 0. The molecule has 4 heteroatoms. The fourth-order valence-corrected chi connectivity index (χ4v) is 0. The third kappa shape index (κ3) is 8.89. The van der Waals surface area contributed by atoms with Gasteiger partial charge in [0.15, 0.2) is 0 Å². The van der Waals surface area contributed by atoms with E-state index in [0.29, 0.717) is 0 Å². The molecule has 0 atom stereocenters. The van der Waals surface area contributed by atoms with Crippen molar-refractivity contribution in [1.29, 1.82) is 0 Å². The van der Waals surface area contributed by atoms with Gasteiger partial charge in [0.1, 0.15) is 0 Å². The Bertz CT molecular complexity index is 8.00. The van der Waals surface area contributed by atoms with Gasteiger partial charge in [0, 0.05) is 27.1 Å². The molecule has 0 saturated carbocycles. The molecule has 4 heavy (non-hydrogen) atoms. The number of hydrogen-bond donors (Lipinski definition) is 0. The molecule has 0 fully saturated rings. The predicted octanol–water partition coefficient (Wildman–Crippen LogP) is -1.32. The van der Waals surface area contributed by atoms with Crippen molar-refractivity contribution in [2.24, 2.45) is 0 Å². The van der Waals surface area contributed by atoms with E-state index in [4.69, 9.17) is 0 Å². The van der Waals surface area contributed by atoms with Crippen molar-refractivity contribution >= 4 is 48.9 Å². The zero-order valence-electron chi connectivity index (χ0n) is 1.33. The van der Waals surface area contributed by atoms with E-state index in [2.05, 4.69) is 0 Å². The maximum absolute atomic E-state index is 0. The second kappa shape index (κ2) is 18.9. The van der Waals surface area contributed by atoms with E-state index in [9.17, 15) is 0 Å². The van der Waals surface area contributed by atoms with Crippen LogP contribution in [0.15, 0.2) is 0 Å². The first-order chi connectivity index (χ1) is 0. The fourth-order valence-electron chi connectivity index (χ4n) is 0. The van der Waals surface area contributed by atoms with Crippen molar-refractivity contribution in [3.8, 4) is 0 Å². The average Bonchev–Trinajstić information content (AvgIpc) is 0. The largest absolute Gasteiger partial charge is 0 e. The first kappa shape index (κ1) is 34.6. The Labute approximate surface area is 79.8 Å². The molecule has 24 valence electrons. The summed E-state index contributed by atoms with van der Waals surface area (Å²) in [5.74, 6) is 0. The second-order valence-electron chi connectivity index (χ2n) is 0. The summed E-state index contributed by atoms with van der Waals surface area (Å²) < 4.78 is 0. The molecule has 0 bridgehead atoms. The molecule has 1 nitrogen and oxygen atoms in total. The average molecular weight is 269 g/mol. The molecule has 2 N–H and O–H groups in total. The fraction of sp³-hybridized carbons (Fsp3) is 0. The first-order valence-electron chi connectivity index (χ1n) is 0. The Kier molecular flexibility index (Phi) is 164. The van der Waals surface area contributed by atoms with Crippen LogP contribution in [0.5, 0.6) is 0 Å². The van der Waals surface area contributed by atoms with E-state index in [1.54, 1.807) is 0 Å². The summed E-state index contributed by atoms with van der Waals surface area (Å²) in [7, 11) is 0. The summed E-state index contributed by atoms with van der Waals surface area (Å²) in [6.45, 7) is 0. The summed E-state index contributed by atoms with van der Waals surface area (Å²) in [5, 5.41) is 0. The second-order valence-corrected chi connectivity index (χ2v) is 0. The van der Waals surface area contributed by atoms with Gasteiger partial charge in [0.2, 0.25) is 0 Å². The molecule has 0 aromatic carbocycles. The summed E-state index contributed by atoms with van der Waals surface area (Å²) >= 11 is 0. The van der Waals surface area contributed by atoms with Crippen molar-refractivity contribution in [2.75, 3.05) is 0 Å². The molecule has 0 aliphatic heterocycles. The normalized spacial score (nSPS) is 0. The minimum absolute atomic E-state index is 0. The van der Waals surface area contributed by atoms with Crippen LogP contribution < -0.4 is 0 Å². The molecule has 2 radical (unpaired) electrons. The van der Waals surface area contributed by atoms with Crippen LogP contribution in [-0.2, 0) is 22.4 Å². The minimum atomic E-state index is 0. The molecule has 0 aliphatic rings. The predicted molar refractivity (Wildman–Crippen MR) is 13.3 cm³/mol. The minimum Gasteiger partial charge on any atom is 0 e. The van der Waals surface area contributed by atoms with E-state index in [0.717, 1.165) is 0 Å². The van der Waals surface area contributed by atoms with Gasteiger partial charge in [0.25, 0.3) is 0 Å². The Morgan fingerprint density at radius 3 is 1.00 bits per heavy atom. The molecule has 0 rings (SSSR count). The van der Waals surface area contributed by atoms with Gasteiger partial charge >= 0.3 is 48.9 Å². The smallest absolute Gasteiger partial charge is 0 e. The SMILES string of the molecule is O.[BaH2].[F].[Nb]. The summed E-state index contributed by atoms with van der Waals surface area (Å²) in [5.41, 5.74) is 0. The third-order valence-corrected chi connectivity index (χ3v) is 0. The molecule has 0 aromatic heterocycles. The van der Waals surface area contributed by atoms with Crippen LogP contribution in [0.4, 0.5) is 4.70 Å². The van der Waals surface area contributed by atoms with Crippen molar-refractivity contribution in [3.05, 3.63) is 0 Å². The number of hydrogen-bond acceptors (Lipinski definition) is 0. The zero-order valence-corrected chi connectivity index (χ0v) is 3.52. The summed E-state index contributed by atoms with van der Waals surface area (Å²) in [6.07, 6.45) is 0. The quantitative estimate of drug-likeness (QED) is 0.488. The van der Waals surface area contributed by atoms with Gasteiger partial charge in [-0.2, -0.15) is 0 Å². The van der Waals surface area contributed by atoms with Crippen molar-refractivity contribution in [1.82, 2.24) is 0 Å². The van der Waals surface area contributed by atoms with Gasteiger partial charge in [-0.1, -0.05) is 0 Å². The standard InChI is InChI=1S/Ba.F.Nb.H2O.2H/h;;;1H2;;. The molecule has 0 aromatic rings. The van der Waals surface area contributed by atoms with E-state index in [1.165, 1.54) is 0 Å². The third-order valence-electron chi connectivity index (χ3n) is 0. The van der Waals surface area contributed by atoms with Crippen LogP contribution >= 0.6 is 0 Å². The van der Waals surface area contributed by atoms with E-state index in [1.807, 2.05) is 0 Å². The van der Waals surface area contributed by atoms with Crippen molar-refractivity contribution in [2.45, 2.75) is 0 Å².